The van der Waals surface area contributed by atoms with Gasteiger partial charge in [-0.3, -0.25) is 0 Å². The van der Waals surface area contributed by atoms with Gasteiger partial charge in [-0.25, -0.2) is 4.68 Å². The normalized spacial score (nSPS) is 11.8. The van der Waals surface area contributed by atoms with E-state index < -0.39 is 11.9 Å². The number of hydrogen-bond donors (Lipinski definition) is 1. The number of para-hydroxylation sites is 1. The van der Waals surface area contributed by atoms with Crippen LogP contribution in [0.15, 0.2) is 30.3 Å². The van der Waals surface area contributed by atoms with E-state index in [9.17, 15) is 13.2 Å². The number of anilines is 1. The molecule has 0 amide bonds. The molecule has 0 bridgehead atoms. The molecule has 2 aromatic rings. The highest BCUT2D eigenvalue weighted by Gasteiger charge is 2.37. The second-order valence-electron chi connectivity index (χ2n) is 3.60. The van der Waals surface area contributed by atoms with Crippen LogP contribution in [0.2, 0.25) is 0 Å². The Hall–Kier alpha value is -1.98. The van der Waals surface area contributed by atoms with Crippen molar-refractivity contribution < 1.29 is 13.2 Å². The zero-order chi connectivity index (χ0) is 12.6. The van der Waals surface area contributed by atoms with Gasteiger partial charge in [0.05, 0.1) is 5.69 Å². The highest BCUT2D eigenvalue weighted by atomic mass is 19.4. The maximum Gasteiger partial charge on any atom is 0.435 e. The number of halogens is 3. The fourth-order valence-corrected chi connectivity index (χ4v) is 1.54. The first-order valence-corrected chi connectivity index (χ1v) is 4.89. The van der Waals surface area contributed by atoms with Crippen molar-refractivity contribution in [2.24, 2.45) is 0 Å². The van der Waals surface area contributed by atoms with Gasteiger partial charge in [0.1, 0.15) is 5.82 Å². The molecule has 90 valence electrons. The van der Waals surface area contributed by atoms with Crippen molar-refractivity contribution in [1.82, 2.24) is 9.78 Å². The molecule has 0 atom stereocenters. The Bertz CT molecular complexity index is 529. The van der Waals surface area contributed by atoms with Gasteiger partial charge in [-0.15, -0.1) is 0 Å². The van der Waals surface area contributed by atoms with Crippen LogP contribution in [0, 0.1) is 6.92 Å². The first kappa shape index (κ1) is 11.5. The lowest BCUT2D eigenvalue weighted by atomic mass is 10.2. The van der Waals surface area contributed by atoms with Gasteiger partial charge in [0.25, 0.3) is 0 Å². The minimum Gasteiger partial charge on any atom is -0.383 e. The van der Waals surface area contributed by atoms with Crippen LogP contribution in [0.5, 0.6) is 0 Å². The monoisotopic (exact) mass is 241 g/mol. The molecular weight excluding hydrogens is 231 g/mol. The van der Waals surface area contributed by atoms with Crippen LogP contribution in [-0.2, 0) is 6.18 Å². The predicted octanol–water partition coefficient (Wildman–Crippen LogP) is 2.78. The van der Waals surface area contributed by atoms with E-state index in [4.69, 9.17) is 5.73 Å². The summed E-state index contributed by atoms with van der Waals surface area (Å²) in [6.45, 7) is 1.31. The molecule has 0 fully saturated rings. The fraction of sp³-hybridized carbons (Fsp3) is 0.182. The van der Waals surface area contributed by atoms with E-state index in [2.05, 4.69) is 5.10 Å². The van der Waals surface area contributed by atoms with E-state index in [1.807, 2.05) is 0 Å². The van der Waals surface area contributed by atoms with Gasteiger partial charge in [-0.05, 0) is 19.1 Å². The highest BCUT2D eigenvalue weighted by molar-refractivity contribution is 5.49. The van der Waals surface area contributed by atoms with Crippen LogP contribution >= 0.6 is 0 Å². The quantitative estimate of drug-likeness (QED) is 0.834. The molecule has 0 aliphatic carbocycles. The molecule has 0 unspecified atom stereocenters. The van der Waals surface area contributed by atoms with Gasteiger partial charge in [-0.2, -0.15) is 18.3 Å². The van der Waals surface area contributed by atoms with Gasteiger partial charge < -0.3 is 5.73 Å². The molecule has 2 rings (SSSR count). The number of alkyl halides is 3. The van der Waals surface area contributed by atoms with Crippen molar-refractivity contribution in [2.75, 3.05) is 5.73 Å². The molecule has 0 aliphatic heterocycles. The Morgan fingerprint density at radius 2 is 1.76 bits per heavy atom. The average molecular weight is 241 g/mol. The van der Waals surface area contributed by atoms with Crippen LogP contribution in [0.4, 0.5) is 19.0 Å². The van der Waals surface area contributed by atoms with Gasteiger partial charge in [-0.1, -0.05) is 18.2 Å². The standard InChI is InChI=1S/C11H10F3N3/c1-7-9(11(12,13)14)16-17(10(7)15)8-5-3-2-4-6-8/h2-6H,15H2,1H3. The second kappa shape index (κ2) is 3.80. The van der Waals surface area contributed by atoms with Crippen molar-refractivity contribution in [3.8, 4) is 5.69 Å². The summed E-state index contributed by atoms with van der Waals surface area (Å²) in [7, 11) is 0. The Labute approximate surface area is 95.7 Å². The summed E-state index contributed by atoms with van der Waals surface area (Å²) in [6.07, 6.45) is -4.49. The Morgan fingerprint density at radius 3 is 2.24 bits per heavy atom. The van der Waals surface area contributed by atoms with E-state index in [0.29, 0.717) is 5.69 Å². The van der Waals surface area contributed by atoms with E-state index >= 15 is 0 Å². The van der Waals surface area contributed by atoms with Crippen LogP contribution in [0.3, 0.4) is 0 Å². The number of nitrogens with zero attached hydrogens (tertiary/aromatic N) is 2. The van der Waals surface area contributed by atoms with Crippen molar-refractivity contribution in [2.45, 2.75) is 13.1 Å². The average Bonchev–Trinajstić information content (AvgIpc) is 2.57. The van der Waals surface area contributed by atoms with Crippen molar-refractivity contribution in [3.05, 3.63) is 41.6 Å². The summed E-state index contributed by atoms with van der Waals surface area (Å²) in [6, 6.07) is 8.46. The molecule has 0 aliphatic rings. The summed E-state index contributed by atoms with van der Waals surface area (Å²) in [4.78, 5) is 0. The summed E-state index contributed by atoms with van der Waals surface area (Å²) >= 11 is 0. The third-order valence-electron chi connectivity index (χ3n) is 2.44. The smallest absolute Gasteiger partial charge is 0.383 e. The van der Waals surface area contributed by atoms with Gasteiger partial charge >= 0.3 is 6.18 Å². The SMILES string of the molecule is Cc1c(C(F)(F)F)nn(-c2ccccc2)c1N. The minimum atomic E-state index is -4.49. The number of nitrogens with two attached hydrogens (primary N) is 1. The van der Waals surface area contributed by atoms with Crippen molar-refractivity contribution >= 4 is 5.82 Å². The van der Waals surface area contributed by atoms with Gasteiger partial charge in [0.15, 0.2) is 5.69 Å². The zero-order valence-electron chi connectivity index (χ0n) is 8.99. The van der Waals surface area contributed by atoms with E-state index in [1.165, 1.54) is 6.92 Å². The Balaban J connectivity index is 2.59. The molecule has 3 nitrogen and oxygen atoms in total. The second-order valence-corrected chi connectivity index (χ2v) is 3.60. The first-order valence-electron chi connectivity index (χ1n) is 4.89. The lowest BCUT2D eigenvalue weighted by Gasteiger charge is -2.03. The maximum atomic E-state index is 12.6. The lowest BCUT2D eigenvalue weighted by molar-refractivity contribution is -0.141. The number of hydrogen-bond acceptors (Lipinski definition) is 2. The Kier molecular flexibility index (Phi) is 2.57. The van der Waals surface area contributed by atoms with Crippen LogP contribution in [0.25, 0.3) is 5.69 Å². The van der Waals surface area contributed by atoms with Gasteiger partial charge in [0, 0.05) is 5.56 Å². The largest absolute Gasteiger partial charge is 0.435 e. The van der Waals surface area contributed by atoms with Crippen molar-refractivity contribution in [1.29, 1.82) is 0 Å². The first-order chi connectivity index (χ1) is 7.91. The Morgan fingerprint density at radius 1 is 1.18 bits per heavy atom. The molecule has 17 heavy (non-hydrogen) atoms. The third-order valence-corrected chi connectivity index (χ3v) is 2.44. The zero-order valence-corrected chi connectivity index (χ0v) is 8.99. The van der Waals surface area contributed by atoms with E-state index in [1.54, 1.807) is 30.3 Å². The van der Waals surface area contributed by atoms with Crippen molar-refractivity contribution in [3.63, 3.8) is 0 Å². The third kappa shape index (κ3) is 1.98. The molecule has 1 aromatic carbocycles. The number of rotatable bonds is 1. The maximum absolute atomic E-state index is 12.6. The molecule has 0 saturated carbocycles. The molecule has 0 radical (unpaired) electrons. The van der Waals surface area contributed by atoms with Crippen LogP contribution < -0.4 is 5.73 Å². The number of aromatic nitrogens is 2. The molecule has 6 heteroatoms. The molecule has 0 saturated heterocycles. The summed E-state index contributed by atoms with van der Waals surface area (Å²) < 4.78 is 39.0. The lowest BCUT2D eigenvalue weighted by Crippen LogP contribution is -2.08. The minimum absolute atomic E-state index is 0.00326. The molecule has 0 spiro atoms. The van der Waals surface area contributed by atoms with Gasteiger partial charge in [0.2, 0.25) is 0 Å². The predicted molar refractivity (Wildman–Crippen MR) is 57.7 cm³/mol. The van der Waals surface area contributed by atoms with E-state index in [-0.39, 0.29) is 11.4 Å². The molecular formula is C11H10F3N3. The molecule has 2 N–H and O–H groups in total. The summed E-state index contributed by atoms with van der Waals surface area (Å²) in [5, 5.41) is 3.52. The highest BCUT2D eigenvalue weighted by Crippen LogP contribution is 2.33. The van der Waals surface area contributed by atoms with Crippen LogP contribution in [-0.4, -0.2) is 9.78 Å². The summed E-state index contributed by atoms with van der Waals surface area (Å²) in [5.41, 5.74) is 5.14. The fourth-order valence-electron chi connectivity index (χ4n) is 1.54. The topological polar surface area (TPSA) is 43.8 Å². The summed E-state index contributed by atoms with van der Waals surface area (Å²) in [5.74, 6) is 0.00326. The number of benzene rings is 1. The van der Waals surface area contributed by atoms with Crippen LogP contribution in [0.1, 0.15) is 11.3 Å². The molecule has 1 aromatic heterocycles. The van der Waals surface area contributed by atoms with E-state index in [0.717, 1.165) is 4.68 Å². The molecule has 1 heterocycles. The number of nitrogen functional groups attached to an aromatic ring is 1.